The molecule has 1 aromatic carbocycles. The molecule has 0 saturated heterocycles. The van der Waals surface area contributed by atoms with Gasteiger partial charge in [0, 0.05) is 18.0 Å². The van der Waals surface area contributed by atoms with Gasteiger partial charge in [0.15, 0.2) is 9.84 Å². The van der Waals surface area contributed by atoms with Crippen LogP contribution in [0.2, 0.25) is 5.02 Å². The molecule has 0 fully saturated rings. The lowest BCUT2D eigenvalue weighted by molar-refractivity contribution is 0.0579. The van der Waals surface area contributed by atoms with Crippen molar-refractivity contribution in [1.82, 2.24) is 4.98 Å². The van der Waals surface area contributed by atoms with Crippen LogP contribution in [0.25, 0.3) is 11.1 Å². The number of aromatic nitrogens is 1. The van der Waals surface area contributed by atoms with Crippen molar-refractivity contribution in [3.63, 3.8) is 0 Å². The van der Waals surface area contributed by atoms with E-state index >= 15 is 0 Å². The molecule has 1 aromatic heterocycles. The Kier molecular flexibility index (Phi) is 5.29. The quantitative estimate of drug-likeness (QED) is 0.892. The van der Waals surface area contributed by atoms with Gasteiger partial charge in [0.05, 0.1) is 16.0 Å². The summed E-state index contributed by atoms with van der Waals surface area (Å²) in [6, 6.07) is 8.07. The average molecular weight is 356 g/mol. The van der Waals surface area contributed by atoms with E-state index in [-0.39, 0.29) is 4.90 Å². The fourth-order valence-electron chi connectivity index (χ4n) is 1.88. The number of aliphatic hydroxyl groups is 1. The average Bonchev–Trinajstić information content (AvgIpc) is 2.48. The normalized spacial score (nSPS) is 14.3. The first-order chi connectivity index (χ1) is 10.7. The number of ether oxygens (including phenoxy) is 1. The van der Waals surface area contributed by atoms with E-state index in [1.165, 1.54) is 18.3 Å². The zero-order chi connectivity index (χ0) is 17.2. The van der Waals surface area contributed by atoms with Gasteiger partial charge in [-0.3, -0.25) is 0 Å². The maximum Gasteiger partial charge on any atom is 0.221 e. The number of sulfone groups is 1. The summed E-state index contributed by atoms with van der Waals surface area (Å²) in [5, 5.41) is 10.0. The third-order valence-electron chi connectivity index (χ3n) is 3.39. The lowest BCUT2D eigenvalue weighted by Crippen LogP contribution is -2.26. The molecule has 124 valence electrons. The largest absolute Gasteiger partial charge is 0.471 e. The van der Waals surface area contributed by atoms with Gasteiger partial charge in [0.25, 0.3) is 0 Å². The number of pyridine rings is 1. The van der Waals surface area contributed by atoms with Crippen molar-refractivity contribution in [3.8, 4) is 17.0 Å². The molecule has 0 unspecified atom stereocenters. The van der Waals surface area contributed by atoms with Crippen molar-refractivity contribution < 1.29 is 18.3 Å². The molecule has 0 saturated carbocycles. The number of hydrogen-bond donors (Lipinski definition) is 1. The highest BCUT2D eigenvalue weighted by Crippen LogP contribution is 2.32. The summed E-state index contributed by atoms with van der Waals surface area (Å²) in [7, 11) is -3.26. The second-order valence-electron chi connectivity index (χ2n) is 5.37. The number of halogens is 1. The predicted octanol–water partition coefficient (Wildman–Crippen LogP) is 2.95. The van der Waals surface area contributed by atoms with Crippen LogP contribution < -0.4 is 4.74 Å². The van der Waals surface area contributed by atoms with Gasteiger partial charge in [0.2, 0.25) is 5.88 Å². The summed E-state index contributed by atoms with van der Waals surface area (Å²) >= 11 is 6.01. The van der Waals surface area contributed by atoms with Crippen molar-refractivity contribution in [1.29, 1.82) is 0 Å². The van der Waals surface area contributed by atoms with E-state index in [9.17, 15) is 13.5 Å². The van der Waals surface area contributed by atoms with E-state index in [1.807, 2.05) is 0 Å². The Morgan fingerprint density at radius 1 is 1.22 bits per heavy atom. The van der Waals surface area contributed by atoms with Gasteiger partial charge in [-0.15, -0.1) is 0 Å². The number of aliphatic hydroxyl groups excluding tert-OH is 1. The van der Waals surface area contributed by atoms with Gasteiger partial charge in [-0.1, -0.05) is 23.7 Å². The molecule has 7 heteroatoms. The van der Waals surface area contributed by atoms with Gasteiger partial charge in [-0.05, 0) is 37.6 Å². The summed E-state index contributed by atoms with van der Waals surface area (Å²) < 4.78 is 28.7. The lowest BCUT2D eigenvalue weighted by atomic mass is 10.1. The van der Waals surface area contributed by atoms with Crippen LogP contribution >= 0.6 is 11.6 Å². The third kappa shape index (κ3) is 4.43. The molecule has 23 heavy (non-hydrogen) atoms. The van der Waals surface area contributed by atoms with E-state index in [1.54, 1.807) is 32.0 Å². The van der Waals surface area contributed by atoms with Gasteiger partial charge >= 0.3 is 0 Å². The van der Waals surface area contributed by atoms with Crippen LogP contribution in [-0.2, 0) is 9.84 Å². The van der Waals surface area contributed by atoms with Crippen LogP contribution in [0.1, 0.15) is 13.8 Å². The Labute approximate surface area is 140 Å². The summed E-state index contributed by atoms with van der Waals surface area (Å²) in [4.78, 5) is 4.40. The predicted molar refractivity (Wildman–Crippen MR) is 89.6 cm³/mol. The molecule has 0 spiro atoms. The van der Waals surface area contributed by atoms with Crippen LogP contribution in [0.3, 0.4) is 0 Å². The number of hydrogen-bond acceptors (Lipinski definition) is 5. The van der Waals surface area contributed by atoms with E-state index in [4.69, 9.17) is 16.3 Å². The fraction of sp³-hybridized carbons (Fsp3) is 0.312. The number of rotatable bonds is 5. The molecule has 2 aromatic rings. The molecule has 0 aliphatic rings. The van der Waals surface area contributed by atoms with Gasteiger partial charge in [-0.2, -0.15) is 0 Å². The first-order valence-corrected chi connectivity index (χ1v) is 9.26. The summed E-state index contributed by atoms with van der Waals surface area (Å²) in [5.74, 6) is 0.329. The first kappa shape index (κ1) is 17.7. The number of benzene rings is 1. The first-order valence-electron chi connectivity index (χ1n) is 6.99. The molecule has 0 amide bonds. The maximum absolute atomic E-state index is 11.5. The van der Waals surface area contributed by atoms with Crippen LogP contribution in [0.15, 0.2) is 41.4 Å². The van der Waals surface area contributed by atoms with E-state index in [2.05, 4.69) is 4.98 Å². The monoisotopic (exact) mass is 355 g/mol. The van der Waals surface area contributed by atoms with Crippen molar-refractivity contribution in [2.24, 2.45) is 0 Å². The Morgan fingerprint density at radius 2 is 1.83 bits per heavy atom. The van der Waals surface area contributed by atoms with E-state index in [0.29, 0.717) is 16.5 Å². The lowest BCUT2D eigenvalue weighted by Gasteiger charge is -2.18. The Hall–Kier alpha value is -1.63. The standard InChI is InChI=1S/C16H18ClNO4S/c1-10(19)11(2)22-16-15(8-13(17)9-18-16)12-4-6-14(7-5-12)23(3,20)21/h4-11,19H,1-3H3/t10-,11-/m1/s1. The number of nitrogens with zero attached hydrogens (tertiary/aromatic N) is 1. The summed E-state index contributed by atoms with van der Waals surface area (Å²) in [6.07, 6.45) is 1.51. The topological polar surface area (TPSA) is 76.5 Å². The van der Waals surface area contributed by atoms with E-state index < -0.39 is 22.0 Å². The minimum atomic E-state index is -3.26. The molecule has 1 N–H and O–H groups in total. The molecule has 1 heterocycles. The van der Waals surface area contributed by atoms with Crippen LogP contribution in [0.4, 0.5) is 0 Å². The summed E-state index contributed by atoms with van der Waals surface area (Å²) in [6.45, 7) is 3.36. The van der Waals surface area contributed by atoms with Crippen molar-refractivity contribution in [2.45, 2.75) is 31.0 Å². The van der Waals surface area contributed by atoms with Crippen LogP contribution in [0, 0.1) is 0 Å². The molecule has 2 atom stereocenters. The fourth-order valence-corrected chi connectivity index (χ4v) is 2.67. The Balaban J connectivity index is 2.43. The van der Waals surface area contributed by atoms with Gasteiger partial charge in [-0.25, -0.2) is 13.4 Å². The van der Waals surface area contributed by atoms with E-state index in [0.717, 1.165) is 11.8 Å². The highest BCUT2D eigenvalue weighted by Gasteiger charge is 2.16. The second-order valence-corrected chi connectivity index (χ2v) is 7.82. The zero-order valence-electron chi connectivity index (χ0n) is 13.0. The molecule has 5 nitrogen and oxygen atoms in total. The smallest absolute Gasteiger partial charge is 0.221 e. The molecule has 0 radical (unpaired) electrons. The van der Waals surface area contributed by atoms with Crippen molar-refractivity contribution >= 4 is 21.4 Å². The Morgan fingerprint density at radius 3 is 2.35 bits per heavy atom. The molecule has 0 aliphatic carbocycles. The molecular weight excluding hydrogens is 338 g/mol. The molecule has 0 aliphatic heterocycles. The SMILES string of the molecule is C[C@@H](O)[C@@H](C)Oc1ncc(Cl)cc1-c1ccc(S(C)(=O)=O)cc1. The Bertz CT molecular complexity index is 788. The maximum atomic E-state index is 11.5. The minimum Gasteiger partial charge on any atom is -0.471 e. The molecular formula is C16H18ClNO4S. The molecule has 0 bridgehead atoms. The zero-order valence-corrected chi connectivity index (χ0v) is 14.6. The molecule has 2 rings (SSSR count). The van der Waals surface area contributed by atoms with Gasteiger partial charge in [0.1, 0.15) is 6.10 Å². The second kappa shape index (κ2) is 6.86. The minimum absolute atomic E-state index is 0.232. The van der Waals surface area contributed by atoms with Crippen molar-refractivity contribution in [2.75, 3.05) is 6.26 Å². The van der Waals surface area contributed by atoms with Gasteiger partial charge < -0.3 is 9.84 Å². The third-order valence-corrected chi connectivity index (χ3v) is 4.72. The van der Waals surface area contributed by atoms with Crippen molar-refractivity contribution in [3.05, 3.63) is 41.6 Å². The highest BCUT2D eigenvalue weighted by atomic mass is 35.5. The summed E-state index contributed by atoms with van der Waals surface area (Å²) in [5.41, 5.74) is 1.35. The highest BCUT2D eigenvalue weighted by molar-refractivity contribution is 7.90. The van der Waals surface area contributed by atoms with Crippen LogP contribution in [-0.4, -0.2) is 37.0 Å². The van der Waals surface area contributed by atoms with Crippen LogP contribution in [0.5, 0.6) is 5.88 Å².